The van der Waals surface area contributed by atoms with E-state index >= 15 is 0 Å². The molecule has 0 fully saturated rings. The Morgan fingerprint density at radius 2 is 1.83 bits per heavy atom. The van der Waals surface area contributed by atoms with Gasteiger partial charge in [0.25, 0.3) is 5.91 Å². The zero-order valence-electron chi connectivity index (χ0n) is 16.7. The summed E-state index contributed by atoms with van der Waals surface area (Å²) in [5, 5.41) is 11.5. The number of carbonyl (C=O) groups excluding carboxylic acids is 1. The number of amides is 1. The third kappa shape index (κ3) is 3.49. The average molecular weight is 407 g/mol. The Balaban J connectivity index is 1.80. The summed E-state index contributed by atoms with van der Waals surface area (Å²) in [6, 6.07) is 11.8. The molecular weight excluding hydrogens is 386 g/mol. The molecule has 154 valence electrons. The first kappa shape index (κ1) is 19.6. The second kappa shape index (κ2) is 7.94. The lowest BCUT2D eigenvalue weighted by atomic mass is 10.1. The predicted octanol–water partition coefficient (Wildman–Crippen LogP) is 3.42. The molecule has 0 unspecified atom stereocenters. The van der Waals surface area contributed by atoms with Crippen LogP contribution >= 0.6 is 0 Å². The van der Waals surface area contributed by atoms with E-state index in [0.29, 0.717) is 36.8 Å². The van der Waals surface area contributed by atoms with Crippen molar-refractivity contribution in [3.63, 3.8) is 0 Å². The normalized spacial score (nSPS) is 13.7. The van der Waals surface area contributed by atoms with Gasteiger partial charge in [-0.15, -0.1) is 0 Å². The summed E-state index contributed by atoms with van der Waals surface area (Å²) in [6.45, 7) is 3.19. The Bertz CT molecular complexity index is 1130. The average Bonchev–Trinajstić information content (AvgIpc) is 2.90. The Hall–Kier alpha value is -3.75. The van der Waals surface area contributed by atoms with Crippen LogP contribution < -0.4 is 14.5 Å². The molecule has 1 aliphatic rings. The van der Waals surface area contributed by atoms with Crippen LogP contribution in [0, 0.1) is 10.1 Å². The van der Waals surface area contributed by atoms with Gasteiger partial charge in [0, 0.05) is 31.8 Å². The molecule has 0 saturated heterocycles. The van der Waals surface area contributed by atoms with E-state index in [2.05, 4.69) is 0 Å². The fourth-order valence-electron chi connectivity index (χ4n) is 3.52. The SMILES string of the molecule is CCOc1ccc(C(=O)N2CCCN(C)c3nc4ccccc4nc32)cc1[N+](=O)[O-]. The second-order valence-electron chi connectivity index (χ2n) is 6.96. The minimum absolute atomic E-state index is 0.140. The summed E-state index contributed by atoms with van der Waals surface area (Å²) in [7, 11) is 1.91. The molecular formula is C21H21N5O4. The van der Waals surface area contributed by atoms with Crippen LogP contribution in [0.4, 0.5) is 17.3 Å². The molecule has 0 saturated carbocycles. The van der Waals surface area contributed by atoms with Crippen molar-refractivity contribution in [3.8, 4) is 5.75 Å². The summed E-state index contributed by atoms with van der Waals surface area (Å²) < 4.78 is 5.32. The molecule has 3 aromatic rings. The van der Waals surface area contributed by atoms with Crippen molar-refractivity contribution >= 4 is 34.3 Å². The van der Waals surface area contributed by atoms with Gasteiger partial charge in [0.15, 0.2) is 17.4 Å². The molecule has 0 atom stereocenters. The number of hydrogen-bond acceptors (Lipinski definition) is 7. The number of carbonyl (C=O) groups is 1. The highest BCUT2D eigenvalue weighted by atomic mass is 16.6. The number of rotatable bonds is 4. The number of para-hydroxylation sites is 2. The van der Waals surface area contributed by atoms with Crippen LogP contribution in [0.25, 0.3) is 11.0 Å². The number of benzene rings is 2. The van der Waals surface area contributed by atoms with Crippen LogP contribution in [0.15, 0.2) is 42.5 Å². The third-order valence-corrected chi connectivity index (χ3v) is 4.97. The van der Waals surface area contributed by atoms with Gasteiger partial charge in [-0.2, -0.15) is 0 Å². The summed E-state index contributed by atoms with van der Waals surface area (Å²) in [6.07, 6.45) is 0.718. The van der Waals surface area contributed by atoms with Gasteiger partial charge in [0.05, 0.1) is 22.6 Å². The highest BCUT2D eigenvalue weighted by Gasteiger charge is 2.29. The number of nitro benzene ring substituents is 1. The standard InChI is InChI=1S/C21H21N5O4/c1-3-30-18-10-9-14(13-17(18)26(28)29)21(27)25-12-6-11-24(2)19-20(25)23-16-8-5-4-7-15(16)22-19/h4-5,7-10,13H,3,6,11-12H2,1-2H3. The number of nitrogens with zero attached hydrogens (tertiary/aromatic N) is 5. The maximum atomic E-state index is 13.4. The lowest BCUT2D eigenvalue weighted by Gasteiger charge is -2.23. The Labute approximate surface area is 173 Å². The van der Waals surface area contributed by atoms with Crippen molar-refractivity contribution in [2.45, 2.75) is 13.3 Å². The molecule has 1 aliphatic heterocycles. The van der Waals surface area contributed by atoms with Crippen LogP contribution in [0.5, 0.6) is 5.75 Å². The quantitative estimate of drug-likeness (QED) is 0.482. The van der Waals surface area contributed by atoms with Crippen molar-refractivity contribution in [1.82, 2.24) is 9.97 Å². The summed E-state index contributed by atoms with van der Waals surface area (Å²) >= 11 is 0. The van der Waals surface area contributed by atoms with E-state index in [0.717, 1.165) is 11.9 Å². The zero-order valence-corrected chi connectivity index (χ0v) is 16.7. The van der Waals surface area contributed by atoms with Crippen LogP contribution in [0.3, 0.4) is 0 Å². The Kier molecular flexibility index (Phi) is 5.18. The van der Waals surface area contributed by atoms with Gasteiger partial charge < -0.3 is 9.64 Å². The van der Waals surface area contributed by atoms with Crippen molar-refractivity contribution in [1.29, 1.82) is 0 Å². The van der Waals surface area contributed by atoms with E-state index in [1.165, 1.54) is 12.1 Å². The minimum atomic E-state index is -0.542. The van der Waals surface area contributed by atoms with Gasteiger partial charge in [-0.3, -0.25) is 19.8 Å². The number of ether oxygens (including phenoxy) is 1. The smallest absolute Gasteiger partial charge is 0.311 e. The number of nitro groups is 1. The Morgan fingerprint density at radius 3 is 2.50 bits per heavy atom. The second-order valence-corrected chi connectivity index (χ2v) is 6.96. The van der Waals surface area contributed by atoms with E-state index in [1.54, 1.807) is 17.9 Å². The highest BCUT2D eigenvalue weighted by Crippen LogP contribution is 2.33. The molecule has 0 spiro atoms. The van der Waals surface area contributed by atoms with Gasteiger partial charge in [0.2, 0.25) is 0 Å². The molecule has 1 amide bonds. The Morgan fingerprint density at radius 1 is 1.13 bits per heavy atom. The molecule has 1 aromatic heterocycles. The first-order chi connectivity index (χ1) is 14.5. The van der Waals surface area contributed by atoms with Gasteiger partial charge in [-0.25, -0.2) is 9.97 Å². The number of hydrogen-bond donors (Lipinski definition) is 0. The van der Waals surface area contributed by atoms with Gasteiger partial charge in [0.1, 0.15) is 0 Å². The topological polar surface area (TPSA) is 102 Å². The summed E-state index contributed by atoms with van der Waals surface area (Å²) in [5.41, 5.74) is 1.39. The van der Waals surface area contributed by atoms with Crippen molar-refractivity contribution in [2.24, 2.45) is 0 Å². The summed E-state index contributed by atoms with van der Waals surface area (Å²) in [5.74, 6) is 0.846. The summed E-state index contributed by atoms with van der Waals surface area (Å²) in [4.78, 5) is 37.2. The lowest BCUT2D eigenvalue weighted by Crippen LogP contribution is -2.32. The molecule has 0 aliphatic carbocycles. The van der Waals surface area contributed by atoms with Gasteiger partial charge >= 0.3 is 5.69 Å². The molecule has 9 nitrogen and oxygen atoms in total. The maximum Gasteiger partial charge on any atom is 0.311 e. The highest BCUT2D eigenvalue weighted by molar-refractivity contribution is 6.08. The fraction of sp³-hybridized carbons (Fsp3) is 0.286. The number of aromatic nitrogens is 2. The van der Waals surface area contributed by atoms with E-state index < -0.39 is 4.92 Å². The molecule has 0 radical (unpaired) electrons. The largest absolute Gasteiger partial charge is 0.487 e. The molecule has 30 heavy (non-hydrogen) atoms. The molecule has 2 heterocycles. The third-order valence-electron chi connectivity index (χ3n) is 4.97. The van der Waals surface area contributed by atoms with Crippen LogP contribution in [0.1, 0.15) is 23.7 Å². The fourth-order valence-corrected chi connectivity index (χ4v) is 3.52. The van der Waals surface area contributed by atoms with Gasteiger partial charge in [-0.05, 0) is 37.6 Å². The zero-order chi connectivity index (χ0) is 21.3. The number of anilines is 2. The molecule has 0 N–H and O–H groups in total. The maximum absolute atomic E-state index is 13.4. The first-order valence-corrected chi connectivity index (χ1v) is 9.70. The number of fused-ring (bicyclic) bond motifs is 2. The van der Waals surface area contributed by atoms with Crippen LogP contribution in [-0.2, 0) is 0 Å². The van der Waals surface area contributed by atoms with Crippen molar-refractivity contribution in [2.75, 3.05) is 36.5 Å². The van der Waals surface area contributed by atoms with Gasteiger partial charge in [-0.1, -0.05) is 12.1 Å². The van der Waals surface area contributed by atoms with E-state index in [9.17, 15) is 14.9 Å². The molecule has 4 rings (SSSR count). The molecule has 9 heteroatoms. The minimum Gasteiger partial charge on any atom is -0.487 e. The van der Waals surface area contributed by atoms with Crippen LogP contribution in [-0.4, -0.2) is 47.5 Å². The molecule has 2 aromatic carbocycles. The predicted molar refractivity (Wildman–Crippen MR) is 113 cm³/mol. The first-order valence-electron chi connectivity index (χ1n) is 9.70. The van der Waals surface area contributed by atoms with Crippen molar-refractivity contribution in [3.05, 3.63) is 58.1 Å². The van der Waals surface area contributed by atoms with Crippen molar-refractivity contribution < 1.29 is 14.5 Å². The van der Waals surface area contributed by atoms with Crippen LogP contribution in [0.2, 0.25) is 0 Å². The van der Waals surface area contributed by atoms with E-state index in [-0.39, 0.29) is 22.9 Å². The monoisotopic (exact) mass is 407 g/mol. The van der Waals surface area contributed by atoms with E-state index in [4.69, 9.17) is 14.7 Å². The lowest BCUT2D eigenvalue weighted by molar-refractivity contribution is -0.385. The molecule has 0 bridgehead atoms. The van der Waals surface area contributed by atoms with E-state index in [1.807, 2.05) is 36.2 Å².